The van der Waals surface area contributed by atoms with Crippen LogP contribution in [-0.4, -0.2) is 28.9 Å². The van der Waals surface area contributed by atoms with Gasteiger partial charge in [-0.05, 0) is 61.8 Å². The summed E-state index contributed by atoms with van der Waals surface area (Å²) in [6.07, 6.45) is 9.91. The van der Waals surface area contributed by atoms with E-state index in [-0.39, 0.29) is 5.91 Å². The Hall–Kier alpha value is -1.09. The molecule has 0 spiro atoms. The largest absolute Gasteiger partial charge is 0.338 e. The summed E-state index contributed by atoms with van der Waals surface area (Å²) in [7, 11) is 1.96. The minimum Gasteiger partial charge on any atom is -0.338 e. The van der Waals surface area contributed by atoms with Gasteiger partial charge in [0.2, 0.25) is 0 Å². The Morgan fingerprint density at radius 3 is 2.38 bits per heavy atom. The molecule has 0 atom stereocenters. The molecule has 4 bridgehead atoms. The Kier molecular flexibility index (Phi) is 3.21. The quantitative estimate of drug-likeness (QED) is 0.836. The molecule has 0 aliphatic heterocycles. The van der Waals surface area contributed by atoms with Crippen molar-refractivity contribution < 1.29 is 4.79 Å². The Morgan fingerprint density at radius 2 is 1.81 bits per heavy atom. The fraction of sp³-hybridized carbons (Fsp3) is 0.647. The van der Waals surface area contributed by atoms with Gasteiger partial charge in [0.05, 0.1) is 10.6 Å². The molecule has 0 radical (unpaired) electrons. The lowest BCUT2D eigenvalue weighted by Crippen LogP contribution is -2.56. The van der Waals surface area contributed by atoms with Crippen molar-refractivity contribution in [2.24, 2.45) is 23.7 Å². The minimum atomic E-state index is 0.0554. The third-order valence-electron chi connectivity index (χ3n) is 5.95. The molecular weight excluding hydrogens is 284 g/mol. The summed E-state index contributed by atoms with van der Waals surface area (Å²) >= 11 is 6.14. The number of aromatic nitrogens is 1. The topological polar surface area (TPSA) is 33.2 Å². The zero-order chi connectivity index (χ0) is 14.6. The van der Waals surface area contributed by atoms with Crippen LogP contribution in [0.2, 0.25) is 5.02 Å². The Balaban J connectivity index is 1.59. The van der Waals surface area contributed by atoms with Gasteiger partial charge in [0.15, 0.2) is 0 Å². The van der Waals surface area contributed by atoms with Gasteiger partial charge in [-0.15, -0.1) is 0 Å². The van der Waals surface area contributed by atoms with Gasteiger partial charge in [0, 0.05) is 25.5 Å². The molecule has 1 amide bonds. The molecule has 21 heavy (non-hydrogen) atoms. The van der Waals surface area contributed by atoms with Crippen LogP contribution in [0.3, 0.4) is 0 Å². The summed E-state index contributed by atoms with van der Waals surface area (Å²) in [6, 6.07) is 2.14. The maximum atomic E-state index is 12.8. The average molecular weight is 305 g/mol. The highest BCUT2D eigenvalue weighted by atomic mass is 35.5. The minimum absolute atomic E-state index is 0.0554. The number of hydrogen-bond acceptors (Lipinski definition) is 2. The molecule has 3 nitrogen and oxygen atoms in total. The second-order valence-electron chi connectivity index (χ2n) is 7.19. The third-order valence-corrected chi connectivity index (χ3v) is 6.25. The predicted octanol–water partition coefficient (Wildman–Crippen LogP) is 3.63. The molecule has 0 saturated heterocycles. The Morgan fingerprint density at radius 1 is 1.19 bits per heavy atom. The lowest BCUT2D eigenvalue weighted by Gasteiger charge is -2.56. The summed E-state index contributed by atoms with van der Waals surface area (Å²) in [4.78, 5) is 18.8. The summed E-state index contributed by atoms with van der Waals surface area (Å²) in [5.41, 5.74) is 0.586. The maximum Gasteiger partial charge on any atom is 0.255 e. The summed E-state index contributed by atoms with van der Waals surface area (Å²) < 4.78 is 0. The van der Waals surface area contributed by atoms with E-state index in [9.17, 15) is 4.79 Å². The molecule has 1 aromatic rings. The van der Waals surface area contributed by atoms with Crippen molar-refractivity contribution in [2.75, 3.05) is 7.05 Å². The number of carbonyl (C=O) groups is 1. The number of rotatable bonds is 2. The van der Waals surface area contributed by atoms with Crippen molar-refractivity contribution >= 4 is 17.5 Å². The Bertz CT molecular complexity index is 546. The van der Waals surface area contributed by atoms with E-state index in [2.05, 4.69) is 4.98 Å². The molecule has 4 aliphatic carbocycles. The molecule has 4 aliphatic rings. The summed E-state index contributed by atoms with van der Waals surface area (Å²) in [5, 5.41) is 0.457. The molecule has 0 aromatic carbocycles. The van der Waals surface area contributed by atoms with Gasteiger partial charge >= 0.3 is 0 Å². The van der Waals surface area contributed by atoms with Crippen LogP contribution in [0.5, 0.6) is 0 Å². The molecule has 4 heteroatoms. The van der Waals surface area contributed by atoms with Gasteiger partial charge < -0.3 is 4.90 Å². The van der Waals surface area contributed by atoms with Gasteiger partial charge in [-0.25, -0.2) is 0 Å². The zero-order valence-corrected chi connectivity index (χ0v) is 13.1. The van der Waals surface area contributed by atoms with Crippen molar-refractivity contribution in [1.82, 2.24) is 9.88 Å². The van der Waals surface area contributed by atoms with Crippen LogP contribution < -0.4 is 0 Å². The van der Waals surface area contributed by atoms with E-state index in [1.165, 1.54) is 32.1 Å². The number of halogens is 1. The zero-order valence-electron chi connectivity index (χ0n) is 12.3. The van der Waals surface area contributed by atoms with Crippen LogP contribution in [0.15, 0.2) is 18.5 Å². The monoisotopic (exact) mass is 304 g/mol. The smallest absolute Gasteiger partial charge is 0.255 e. The van der Waals surface area contributed by atoms with Crippen molar-refractivity contribution in [3.05, 3.63) is 29.0 Å². The molecule has 1 heterocycles. The maximum absolute atomic E-state index is 12.8. The van der Waals surface area contributed by atoms with Gasteiger partial charge in [0.1, 0.15) is 0 Å². The van der Waals surface area contributed by atoms with Crippen LogP contribution >= 0.6 is 11.6 Å². The molecule has 0 N–H and O–H groups in total. The van der Waals surface area contributed by atoms with E-state index >= 15 is 0 Å². The van der Waals surface area contributed by atoms with Crippen LogP contribution in [0, 0.1) is 23.7 Å². The average Bonchev–Trinajstić information content (AvgIpc) is 2.45. The van der Waals surface area contributed by atoms with Crippen LogP contribution in [0.4, 0.5) is 0 Å². The van der Waals surface area contributed by atoms with Crippen molar-refractivity contribution in [3.8, 4) is 0 Å². The molecule has 4 fully saturated rings. The van der Waals surface area contributed by atoms with E-state index in [4.69, 9.17) is 11.6 Å². The highest BCUT2D eigenvalue weighted by Crippen LogP contribution is 2.55. The molecular formula is C17H21ClN2O. The molecule has 5 rings (SSSR count). The third kappa shape index (κ3) is 2.17. The van der Waals surface area contributed by atoms with Gasteiger partial charge in [-0.3, -0.25) is 9.78 Å². The van der Waals surface area contributed by atoms with E-state index in [1.807, 2.05) is 11.9 Å². The standard InChI is InChI=1S/C17H21ClN2O/c1-20(17(21)14-2-3-19-9-15(14)18)16-12-5-10-4-11(7-12)8-13(16)6-10/h2-3,9-13,16H,4-8H2,1H3. The second-order valence-corrected chi connectivity index (χ2v) is 7.60. The van der Waals surface area contributed by atoms with Gasteiger partial charge in [0.25, 0.3) is 5.91 Å². The normalized spacial score (nSPS) is 36.8. The number of pyridine rings is 1. The molecule has 4 saturated carbocycles. The fourth-order valence-electron chi connectivity index (χ4n) is 5.40. The lowest BCUT2D eigenvalue weighted by atomic mass is 9.54. The van der Waals surface area contributed by atoms with E-state index in [0.717, 1.165) is 11.8 Å². The van der Waals surface area contributed by atoms with E-state index in [1.54, 1.807) is 18.5 Å². The second kappa shape index (κ2) is 4.98. The summed E-state index contributed by atoms with van der Waals surface area (Å²) in [5.74, 6) is 3.32. The number of hydrogen-bond donors (Lipinski definition) is 0. The van der Waals surface area contributed by atoms with Crippen molar-refractivity contribution in [3.63, 3.8) is 0 Å². The number of carbonyl (C=O) groups excluding carboxylic acids is 1. The van der Waals surface area contributed by atoms with Gasteiger partial charge in [-0.1, -0.05) is 11.6 Å². The number of amides is 1. The van der Waals surface area contributed by atoms with Gasteiger partial charge in [-0.2, -0.15) is 0 Å². The molecule has 112 valence electrons. The molecule has 1 aromatic heterocycles. The SMILES string of the molecule is CN(C(=O)c1ccncc1Cl)C1C2CC3CC(C2)CC1C3. The van der Waals surface area contributed by atoms with E-state index in [0.29, 0.717) is 28.5 Å². The first-order chi connectivity index (χ1) is 10.1. The van der Waals surface area contributed by atoms with Crippen LogP contribution in [0.25, 0.3) is 0 Å². The van der Waals surface area contributed by atoms with E-state index < -0.39 is 0 Å². The van der Waals surface area contributed by atoms with Crippen LogP contribution in [-0.2, 0) is 0 Å². The fourth-order valence-corrected chi connectivity index (χ4v) is 5.60. The lowest BCUT2D eigenvalue weighted by molar-refractivity contribution is -0.0491. The van der Waals surface area contributed by atoms with Crippen LogP contribution in [0.1, 0.15) is 42.5 Å². The Labute approximate surface area is 130 Å². The highest BCUT2D eigenvalue weighted by Gasteiger charge is 2.50. The predicted molar refractivity (Wildman–Crippen MR) is 82.2 cm³/mol. The highest BCUT2D eigenvalue weighted by molar-refractivity contribution is 6.33. The van der Waals surface area contributed by atoms with Crippen molar-refractivity contribution in [1.29, 1.82) is 0 Å². The first-order valence-electron chi connectivity index (χ1n) is 8.00. The summed E-state index contributed by atoms with van der Waals surface area (Å²) in [6.45, 7) is 0. The first-order valence-corrected chi connectivity index (χ1v) is 8.38. The van der Waals surface area contributed by atoms with Crippen molar-refractivity contribution in [2.45, 2.75) is 38.1 Å². The first kappa shape index (κ1) is 13.6. The molecule has 0 unspecified atom stereocenters. The number of nitrogens with zero attached hydrogens (tertiary/aromatic N) is 2.